The summed E-state index contributed by atoms with van der Waals surface area (Å²) >= 11 is 1.83. The highest BCUT2D eigenvalue weighted by Gasteiger charge is 2.10. The minimum Gasteiger partial charge on any atom is -0.375 e. The highest BCUT2D eigenvalue weighted by Crippen LogP contribution is 2.16. The molecule has 2 aromatic carbocycles. The van der Waals surface area contributed by atoms with Crippen LogP contribution in [0.2, 0.25) is 0 Å². The van der Waals surface area contributed by atoms with Crippen LogP contribution in [0.15, 0.2) is 70.6 Å². The minimum atomic E-state index is 0.00319. The molecule has 0 fully saturated rings. The Morgan fingerprint density at radius 1 is 1.04 bits per heavy atom. The van der Waals surface area contributed by atoms with Crippen LogP contribution < -0.4 is 10.6 Å². The molecule has 2 N–H and O–H groups in total. The van der Waals surface area contributed by atoms with Gasteiger partial charge in [0.2, 0.25) is 0 Å². The summed E-state index contributed by atoms with van der Waals surface area (Å²) in [5.74, 6) is 1.78. The lowest BCUT2D eigenvalue weighted by Gasteiger charge is -2.18. The van der Waals surface area contributed by atoms with Gasteiger partial charge in [-0.25, -0.2) is 0 Å². The van der Waals surface area contributed by atoms with Gasteiger partial charge >= 0.3 is 0 Å². The lowest BCUT2D eigenvalue weighted by Crippen LogP contribution is -2.40. The van der Waals surface area contributed by atoms with Crippen LogP contribution in [0.25, 0.3) is 0 Å². The maximum absolute atomic E-state index is 5.57. The molecule has 1 atom stereocenters. The number of rotatable bonds is 8. The molecule has 128 valence electrons. The van der Waals surface area contributed by atoms with E-state index in [1.807, 2.05) is 36.0 Å². The third kappa shape index (κ3) is 6.26. The van der Waals surface area contributed by atoms with Crippen molar-refractivity contribution in [3.05, 3.63) is 66.2 Å². The molecule has 0 heterocycles. The van der Waals surface area contributed by atoms with Crippen LogP contribution in [-0.2, 0) is 4.74 Å². The molecular formula is C19H25N3OS. The standard InChI is InChI=1S/C19H25N3OS/c1-20-19(21-13-14-24-17-11-7-4-8-12-17)22-15-18(23-2)16-9-5-3-6-10-16/h3-12,18H,13-15H2,1-2H3,(H2,20,21,22). The molecule has 0 bridgehead atoms. The van der Waals surface area contributed by atoms with Crippen LogP contribution in [0.3, 0.4) is 0 Å². The van der Waals surface area contributed by atoms with Crippen molar-refractivity contribution in [3.63, 3.8) is 0 Å². The minimum absolute atomic E-state index is 0.00319. The highest BCUT2D eigenvalue weighted by molar-refractivity contribution is 7.99. The number of methoxy groups -OCH3 is 1. The van der Waals surface area contributed by atoms with Gasteiger partial charge in [-0.1, -0.05) is 48.5 Å². The number of nitrogens with zero attached hydrogens (tertiary/aromatic N) is 1. The Balaban J connectivity index is 1.72. The molecule has 0 amide bonds. The van der Waals surface area contributed by atoms with E-state index in [0.717, 1.165) is 23.8 Å². The van der Waals surface area contributed by atoms with Gasteiger partial charge in [0.15, 0.2) is 5.96 Å². The first kappa shape index (κ1) is 18.4. The third-order valence-corrected chi connectivity index (χ3v) is 4.55. The molecule has 2 rings (SSSR count). The van der Waals surface area contributed by atoms with Gasteiger partial charge in [0.05, 0.1) is 6.10 Å². The van der Waals surface area contributed by atoms with Crippen LogP contribution in [0, 0.1) is 0 Å². The van der Waals surface area contributed by atoms with Crippen LogP contribution >= 0.6 is 11.8 Å². The topological polar surface area (TPSA) is 45.7 Å². The fourth-order valence-electron chi connectivity index (χ4n) is 2.27. The summed E-state index contributed by atoms with van der Waals surface area (Å²) in [5.41, 5.74) is 1.16. The van der Waals surface area contributed by atoms with Crippen molar-refractivity contribution in [2.24, 2.45) is 4.99 Å². The lowest BCUT2D eigenvalue weighted by molar-refractivity contribution is 0.106. The van der Waals surface area contributed by atoms with Crippen molar-refractivity contribution in [2.45, 2.75) is 11.0 Å². The summed E-state index contributed by atoms with van der Waals surface area (Å²) in [6.45, 7) is 1.52. The second-order valence-electron chi connectivity index (χ2n) is 5.18. The molecule has 0 aliphatic carbocycles. The summed E-state index contributed by atoms with van der Waals surface area (Å²) < 4.78 is 5.57. The molecular weight excluding hydrogens is 318 g/mol. The van der Waals surface area contributed by atoms with Crippen LogP contribution in [-0.4, -0.2) is 39.0 Å². The number of hydrogen-bond acceptors (Lipinski definition) is 3. The van der Waals surface area contributed by atoms with Crippen molar-refractivity contribution < 1.29 is 4.74 Å². The van der Waals surface area contributed by atoms with E-state index in [-0.39, 0.29) is 6.10 Å². The van der Waals surface area contributed by atoms with Gasteiger partial charge in [0.1, 0.15) is 0 Å². The normalized spacial score (nSPS) is 12.7. The molecule has 0 aromatic heterocycles. The van der Waals surface area contributed by atoms with Crippen molar-refractivity contribution in [1.29, 1.82) is 0 Å². The highest BCUT2D eigenvalue weighted by atomic mass is 32.2. The summed E-state index contributed by atoms with van der Waals surface area (Å²) in [7, 11) is 3.51. The molecule has 4 nitrogen and oxygen atoms in total. The van der Waals surface area contributed by atoms with Gasteiger partial charge in [-0.15, -0.1) is 11.8 Å². The maximum Gasteiger partial charge on any atom is 0.191 e. The van der Waals surface area contributed by atoms with E-state index >= 15 is 0 Å². The molecule has 0 saturated carbocycles. The number of guanidine groups is 1. The van der Waals surface area contributed by atoms with E-state index in [1.165, 1.54) is 4.90 Å². The second-order valence-corrected chi connectivity index (χ2v) is 6.34. The van der Waals surface area contributed by atoms with E-state index in [2.05, 4.69) is 52.0 Å². The van der Waals surface area contributed by atoms with Gasteiger partial charge in [0, 0.05) is 37.9 Å². The molecule has 0 aliphatic heterocycles. The zero-order valence-corrected chi connectivity index (χ0v) is 15.1. The first-order valence-electron chi connectivity index (χ1n) is 8.03. The molecule has 0 radical (unpaired) electrons. The van der Waals surface area contributed by atoms with E-state index in [4.69, 9.17) is 4.74 Å². The van der Waals surface area contributed by atoms with Crippen LogP contribution in [0.4, 0.5) is 0 Å². The SMILES string of the molecule is CN=C(NCCSc1ccccc1)NCC(OC)c1ccccc1. The number of thioether (sulfide) groups is 1. The average molecular weight is 343 g/mol. The third-order valence-electron chi connectivity index (χ3n) is 3.54. The Morgan fingerprint density at radius 3 is 2.33 bits per heavy atom. The number of ether oxygens (including phenoxy) is 1. The predicted molar refractivity (Wildman–Crippen MR) is 103 cm³/mol. The van der Waals surface area contributed by atoms with Crippen LogP contribution in [0.1, 0.15) is 11.7 Å². The van der Waals surface area contributed by atoms with Crippen molar-refractivity contribution >= 4 is 17.7 Å². The van der Waals surface area contributed by atoms with Crippen molar-refractivity contribution in [3.8, 4) is 0 Å². The number of nitrogens with one attached hydrogen (secondary N) is 2. The fourth-order valence-corrected chi connectivity index (χ4v) is 3.06. The van der Waals surface area contributed by atoms with Gasteiger partial charge in [-0.2, -0.15) is 0 Å². The van der Waals surface area contributed by atoms with Crippen molar-refractivity contribution in [2.75, 3.05) is 33.0 Å². The first-order valence-corrected chi connectivity index (χ1v) is 9.02. The zero-order valence-electron chi connectivity index (χ0n) is 14.2. The molecule has 24 heavy (non-hydrogen) atoms. The van der Waals surface area contributed by atoms with E-state index in [1.54, 1.807) is 14.2 Å². The summed E-state index contributed by atoms with van der Waals surface area (Å²) in [6, 6.07) is 20.6. The van der Waals surface area contributed by atoms with Crippen LogP contribution in [0.5, 0.6) is 0 Å². The quantitative estimate of drug-likeness (QED) is 0.334. The zero-order chi connectivity index (χ0) is 17.0. The summed E-state index contributed by atoms with van der Waals surface area (Å²) in [5, 5.41) is 6.66. The van der Waals surface area contributed by atoms with E-state index in [9.17, 15) is 0 Å². The molecule has 0 aliphatic rings. The molecule has 2 aromatic rings. The Bertz CT molecular complexity index is 605. The van der Waals surface area contributed by atoms with E-state index in [0.29, 0.717) is 6.54 Å². The number of hydrogen-bond donors (Lipinski definition) is 2. The Kier molecular flexibility index (Phi) is 8.21. The van der Waals surface area contributed by atoms with E-state index < -0.39 is 0 Å². The second kappa shape index (κ2) is 10.7. The average Bonchev–Trinajstić information content (AvgIpc) is 2.65. The van der Waals surface area contributed by atoms with Gasteiger partial charge in [-0.3, -0.25) is 4.99 Å². The Labute approximate surface area is 148 Å². The summed E-state index contributed by atoms with van der Waals surface area (Å²) in [6.07, 6.45) is 0.00319. The summed E-state index contributed by atoms with van der Waals surface area (Å²) in [4.78, 5) is 5.55. The fraction of sp³-hybridized carbons (Fsp3) is 0.316. The number of benzene rings is 2. The first-order chi connectivity index (χ1) is 11.8. The van der Waals surface area contributed by atoms with Gasteiger partial charge < -0.3 is 15.4 Å². The Hall–Kier alpha value is -1.98. The monoisotopic (exact) mass is 343 g/mol. The lowest BCUT2D eigenvalue weighted by atomic mass is 10.1. The largest absolute Gasteiger partial charge is 0.375 e. The molecule has 0 spiro atoms. The Morgan fingerprint density at radius 2 is 1.71 bits per heavy atom. The van der Waals surface area contributed by atoms with Crippen molar-refractivity contribution in [1.82, 2.24) is 10.6 Å². The molecule has 0 saturated heterocycles. The maximum atomic E-state index is 5.57. The smallest absolute Gasteiger partial charge is 0.191 e. The molecule has 5 heteroatoms. The van der Waals surface area contributed by atoms with Gasteiger partial charge in [0.25, 0.3) is 0 Å². The number of aliphatic imine (C=N–C) groups is 1. The van der Waals surface area contributed by atoms with Gasteiger partial charge in [-0.05, 0) is 17.7 Å². The predicted octanol–water partition coefficient (Wildman–Crippen LogP) is 3.33. The molecule has 1 unspecified atom stereocenters.